The second kappa shape index (κ2) is 6.78. The number of nitrogens with zero attached hydrogens (tertiary/aromatic N) is 1. The number of carbonyl (C=O) groups is 2. The molecule has 3 nitrogen and oxygen atoms in total. The Morgan fingerprint density at radius 3 is 2.40 bits per heavy atom. The largest absolute Gasteiger partial charge is 0.342 e. The van der Waals surface area contributed by atoms with Gasteiger partial charge in [0, 0.05) is 24.4 Å². The highest BCUT2D eigenvalue weighted by Crippen LogP contribution is 2.54. The van der Waals surface area contributed by atoms with E-state index < -0.39 is 0 Å². The minimum atomic E-state index is -0.292. The maximum atomic E-state index is 13.0. The number of benzene rings is 1. The van der Waals surface area contributed by atoms with Crippen molar-refractivity contribution in [1.82, 2.24) is 4.90 Å². The Kier molecular flexibility index (Phi) is 4.49. The van der Waals surface area contributed by atoms with Gasteiger partial charge < -0.3 is 4.90 Å². The predicted octanol–water partition coefficient (Wildman–Crippen LogP) is 4.09. The van der Waals surface area contributed by atoms with Crippen LogP contribution in [0.3, 0.4) is 0 Å². The lowest BCUT2D eigenvalue weighted by Gasteiger charge is -2.49. The fourth-order valence-corrected chi connectivity index (χ4v) is 5.11. The molecule has 0 N–H and O–H groups in total. The van der Waals surface area contributed by atoms with Gasteiger partial charge in [0.1, 0.15) is 0 Å². The van der Waals surface area contributed by atoms with Crippen LogP contribution < -0.4 is 0 Å². The third-order valence-electron chi connectivity index (χ3n) is 6.65. The highest BCUT2D eigenvalue weighted by atomic mass is 16.2. The van der Waals surface area contributed by atoms with Gasteiger partial charge in [-0.1, -0.05) is 36.4 Å². The van der Waals surface area contributed by atoms with Crippen molar-refractivity contribution in [3.8, 4) is 0 Å². The normalized spacial score (nSPS) is 31.6. The molecule has 1 aromatic carbocycles. The summed E-state index contributed by atoms with van der Waals surface area (Å²) in [6.07, 6.45) is 10.7. The van der Waals surface area contributed by atoms with E-state index in [9.17, 15) is 9.59 Å². The number of rotatable bonds is 4. The molecule has 0 aromatic heterocycles. The summed E-state index contributed by atoms with van der Waals surface area (Å²) in [5.41, 5.74) is 0.765. The Labute approximate surface area is 150 Å². The number of amides is 1. The van der Waals surface area contributed by atoms with Crippen molar-refractivity contribution in [2.24, 2.45) is 17.3 Å². The molecule has 4 aliphatic rings. The highest BCUT2D eigenvalue weighted by molar-refractivity contribution is 5.99. The quantitative estimate of drug-likeness (QED) is 0.776. The summed E-state index contributed by atoms with van der Waals surface area (Å²) in [5.74, 6) is 1.13. The average Bonchev–Trinajstić information content (AvgIpc) is 3.22. The summed E-state index contributed by atoms with van der Waals surface area (Å²) in [6.45, 7) is 1.83. The van der Waals surface area contributed by atoms with Crippen LogP contribution in [0.25, 0.3) is 6.08 Å². The van der Waals surface area contributed by atoms with Crippen LogP contribution in [-0.4, -0.2) is 29.7 Å². The van der Waals surface area contributed by atoms with Crippen LogP contribution in [-0.2, 0) is 9.59 Å². The maximum Gasteiger partial charge on any atom is 0.225 e. The number of hydrogen-bond donors (Lipinski definition) is 0. The summed E-state index contributed by atoms with van der Waals surface area (Å²) < 4.78 is 0. The summed E-state index contributed by atoms with van der Waals surface area (Å²) in [5, 5.41) is 0. The van der Waals surface area contributed by atoms with E-state index in [1.54, 1.807) is 6.08 Å². The summed E-state index contributed by atoms with van der Waals surface area (Å²) in [7, 11) is 0. The zero-order valence-corrected chi connectivity index (χ0v) is 14.8. The summed E-state index contributed by atoms with van der Waals surface area (Å²) in [4.78, 5) is 28.0. The van der Waals surface area contributed by atoms with Gasteiger partial charge in [0.15, 0.2) is 5.78 Å². The molecule has 1 aromatic rings. The average molecular weight is 337 g/mol. The molecule has 1 heterocycles. The Morgan fingerprint density at radius 2 is 1.72 bits per heavy atom. The van der Waals surface area contributed by atoms with E-state index in [4.69, 9.17) is 0 Å². The van der Waals surface area contributed by atoms with Crippen molar-refractivity contribution < 1.29 is 9.59 Å². The molecule has 4 fully saturated rings. The molecule has 3 saturated carbocycles. The molecule has 0 radical (unpaired) electrons. The predicted molar refractivity (Wildman–Crippen MR) is 98.8 cm³/mol. The van der Waals surface area contributed by atoms with Crippen LogP contribution in [0.5, 0.6) is 0 Å². The lowest BCUT2D eigenvalue weighted by molar-refractivity contribution is -0.146. The first kappa shape index (κ1) is 16.6. The zero-order valence-electron chi connectivity index (χ0n) is 14.8. The van der Waals surface area contributed by atoms with Gasteiger partial charge >= 0.3 is 0 Å². The van der Waals surface area contributed by atoms with Crippen molar-refractivity contribution in [2.45, 2.75) is 44.9 Å². The first-order valence-corrected chi connectivity index (χ1v) is 9.74. The number of allylic oxidation sites excluding steroid dienone is 1. The van der Waals surface area contributed by atoms with Crippen molar-refractivity contribution in [3.63, 3.8) is 0 Å². The number of hydrogen-bond acceptors (Lipinski definition) is 2. The highest BCUT2D eigenvalue weighted by Gasteiger charge is 2.52. The molecule has 0 spiro atoms. The molecule has 2 bridgehead atoms. The van der Waals surface area contributed by atoms with Crippen molar-refractivity contribution in [2.75, 3.05) is 13.1 Å². The fourth-order valence-electron chi connectivity index (χ4n) is 5.11. The molecule has 5 rings (SSSR count). The molecule has 1 saturated heterocycles. The molecular weight excluding hydrogens is 310 g/mol. The summed E-state index contributed by atoms with van der Waals surface area (Å²) >= 11 is 0. The molecule has 3 aliphatic carbocycles. The minimum Gasteiger partial charge on any atom is -0.342 e. The van der Waals surface area contributed by atoms with Gasteiger partial charge in [0.05, 0.1) is 0 Å². The Hall–Kier alpha value is -1.90. The zero-order chi connectivity index (χ0) is 17.3. The second-order valence-corrected chi connectivity index (χ2v) is 8.07. The monoisotopic (exact) mass is 337 g/mol. The van der Waals surface area contributed by atoms with Gasteiger partial charge in [-0.3, -0.25) is 9.59 Å². The van der Waals surface area contributed by atoms with Crippen molar-refractivity contribution in [1.29, 1.82) is 0 Å². The third kappa shape index (κ3) is 3.17. The van der Waals surface area contributed by atoms with E-state index >= 15 is 0 Å². The first-order valence-electron chi connectivity index (χ1n) is 9.74. The minimum absolute atomic E-state index is 0.0784. The molecule has 1 aliphatic heterocycles. The van der Waals surface area contributed by atoms with Crippen LogP contribution in [0.2, 0.25) is 0 Å². The van der Waals surface area contributed by atoms with Crippen LogP contribution in [0.1, 0.15) is 50.5 Å². The van der Waals surface area contributed by atoms with Crippen LogP contribution >= 0.6 is 0 Å². The van der Waals surface area contributed by atoms with Gasteiger partial charge in [-0.15, -0.1) is 0 Å². The number of fused-ring (bicyclic) bond motifs is 3. The molecule has 25 heavy (non-hydrogen) atoms. The van der Waals surface area contributed by atoms with E-state index in [-0.39, 0.29) is 17.1 Å². The van der Waals surface area contributed by atoms with E-state index in [1.165, 1.54) is 0 Å². The van der Waals surface area contributed by atoms with Crippen LogP contribution in [0.4, 0.5) is 0 Å². The summed E-state index contributed by atoms with van der Waals surface area (Å²) in [6, 6.07) is 9.98. The molecule has 1 atom stereocenters. The molecular formula is C22H27NO2. The van der Waals surface area contributed by atoms with Gasteiger partial charge in [-0.25, -0.2) is 0 Å². The molecule has 1 unspecified atom stereocenters. The lowest BCUT2D eigenvalue weighted by Crippen LogP contribution is -2.50. The van der Waals surface area contributed by atoms with Crippen molar-refractivity contribution >= 4 is 17.8 Å². The van der Waals surface area contributed by atoms with E-state index in [0.29, 0.717) is 11.8 Å². The SMILES string of the molecule is O=C(C1CC2(C(=O)/C=C/c3ccccc3)CCC1CC2)N1CCCC1. The van der Waals surface area contributed by atoms with Gasteiger partial charge in [-0.05, 0) is 62.5 Å². The standard InChI is InChI=1S/C22H27NO2/c24-20(9-8-17-6-2-1-3-7-17)22-12-10-18(11-13-22)19(16-22)21(25)23-14-4-5-15-23/h1-3,6-9,18-19H,4-5,10-16H2/b9-8+. The smallest absolute Gasteiger partial charge is 0.225 e. The van der Waals surface area contributed by atoms with Gasteiger partial charge in [-0.2, -0.15) is 0 Å². The van der Waals surface area contributed by atoms with Crippen LogP contribution in [0, 0.1) is 17.3 Å². The number of likely N-dealkylation sites (tertiary alicyclic amines) is 1. The fraction of sp³-hybridized carbons (Fsp3) is 0.545. The molecule has 3 heteroatoms. The Bertz CT molecular complexity index is 665. The second-order valence-electron chi connectivity index (χ2n) is 8.07. The lowest BCUT2D eigenvalue weighted by atomic mass is 9.54. The Balaban J connectivity index is 1.49. The molecule has 1 amide bonds. The maximum absolute atomic E-state index is 13.0. The van der Waals surface area contributed by atoms with Crippen molar-refractivity contribution in [3.05, 3.63) is 42.0 Å². The van der Waals surface area contributed by atoms with E-state index in [0.717, 1.165) is 63.6 Å². The van der Waals surface area contributed by atoms with Gasteiger partial charge in [0.25, 0.3) is 0 Å². The first-order chi connectivity index (χ1) is 12.2. The molecule has 132 valence electrons. The number of ketones is 1. The van der Waals surface area contributed by atoms with E-state index in [1.807, 2.05) is 41.3 Å². The van der Waals surface area contributed by atoms with E-state index in [2.05, 4.69) is 0 Å². The van der Waals surface area contributed by atoms with Crippen LogP contribution in [0.15, 0.2) is 36.4 Å². The number of carbonyl (C=O) groups excluding carboxylic acids is 2. The topological polar surface area (TPSA) is 37.4 Å². The van der Waals surface area contributed by atoms with Gasteiger partial charge in [0.2, 0.25) is 5.91 Å². The third-order valence-corrected chi connectivity index (χ3v) is 6.65. The Morgan fingerprint density at radius 1 is 1.04 bits per heavy atom.